The number of carbonyl (C=O) groups excluding carboxylic acids is 2. The maximum atomic E-state index is 11.1. The molecular weight excluding hydrogens is 194 g/mol. The Kier molecular flexibility index (Phi) is 3.30. The van der Waals surface area contributed by atoms with Crippen LogP contribution in [0, 0.1) is 0 Å². The van der Waals surface area contributed by atoms with Crippen LogP contribution in [0.15, 0.2) is 0 Å². The summed E-state index contributed by atoms with van der Waals surface area (Å²) in [5.74, 6) is -1.08. The minimum atomic E-state index is -1.04. The minimum absolute atomic E-state index is 0.142. The third kappa shape index (κ3) is 2.45. The first-order valence-electron chi connectivity index (χ1n) is 3.73. The van der Waals surface area contributed by atoms with E-state index in [0.29, 0.717) is 12.0 Å². The first-order valence-corrected chi connectivity index (χ1v) is 4.78. The predicted octanol–water partition coefficient (Wildman–Crippen LogP) is -0.740. The molecule has 1 aliphatic rings. The highest BCUT2D eigenvalue weighted by Gasteiger charge is 2.31. The molecule has 5 nitrogen and oxygen atoms in total. The van der Waals surface area contributed by atoms with Crippen LogP contribution in [0.2, 0.25) is 0 Å². The first-order chi connectivity index (χ1) is 6.15. The lowest BCUT2D eigenvalue weighted by Gasteiger charge is -2.24. The number of carbonyl (C=O) groups is 3. The Bertz CT molecular complexity index is 243. The van der Waals surface area contributed by atoms with Gasteiger partial charge in [-0.3, -0.25) is 4.79 Å². The van der Waals surface area contributed by atoms with Gasteiger partial charge in [0.1, 0.15) is 12.3 Å². The van der Waals surface area contributed by atoms with E-state index in [-0.39, 0.29) is 12.3 Å². The van der Waals surface area contributed by atoms with Crippen molar-refractivity contribution in [3.05, 3.63) is 0 Å². The van der Waals surface area contributed by atoms with Gasteiger partial charge in [-0.15, -0.1) is 11.8 Å². The van der Waals surface area contributed by atoms with E-state index in [9.17, 15) is 14.4 Å². The molecule has 1 heterocycles. The quantitative estimate of drug-likeness (QED) is 0.590. The zero-order chi connectivity index (χ0) is 9.84. The van der Waals surface area contributed by atoms with Gasteiger partial charge in [-0.1, -0.05) is 0 Å². The van der Waals surface area contributed by atoms with E-state index in [4.69, 9.17) is 5.11 Å². The summed E-state index contributed by atoms with van der Waals surface area (Å²) in [6, 6.07) is -0.819. The van der Waals surface area contributed by atoms with Gasteiger partial charge in [0.05, 0.1) is 5.25 Å². The van der Waals surface area contributed by atoms with E-state index in [2.05, 4.69) is 5.32 Å². The number of hydrogen-bond acceptors (Lipinski definition) is 4. The Morgan fingerprint density at radius 1 is 1.77 bits per heavy atom. The van der Waals surface area contributed by atoms with Crippen molar-refractivity contribution in [3.8, 4) is 0 Å². The van der Waals surface area contributed by atoms with Gasteiger partial charge in [-0.05, 0) is 0 Å². The molecule has 0 aromatic rings. The highest BCUT2D eigenvalue weighted by atomic mass is 32.2. The Labute approximate surface area is 78.9 Å². The second-order valence-corrected chi connectivity index (χ2v) is 3.86. The molecule has 0 bridgehead atoms. The van der Waals surface area contributed by atoms with Crippen LogP contribution in [0.3, 0.4) is 0 Å². The SMILES string of the molecule is O=CCC1SCC(C(=O)O)NC1=O. The lowest BCUT2D eigenvalue weighted by molar-refractivity contribution is -0.141. The Balaban J connectivity index is 2.51. The van der Waals surface area contributed by atoms with Gasteiger partial charge in [0.2, 0.25) is 5.91 Å². The number of amides is 1. The standard InChI is InChI=1S/C7H9NO4S/c9-2-1-5-6(10)8-4(3-13-5)7(11)12/h2,4-5H,1,3H2,(H,8,10)(H,11,12). The Morgan fingerprint density at radius 2 is 2.46 bits per heavy atom. The summed E-state index contributed by atoms with van der Waals surface area (Å²) in [5, 5.41) is 10.5. The largest absolute Gasteiger partial charge is 0.480 e. The topological polar surface area (TPSA) is 83.5 Å². The highest BCUT2D eigenvalue weighted by Crippen LogP contribution is 2.19. The molecule has 2 N–H and O–H groups in total. The van der Waals surface area contributed by atoms with Crippen molar-refractivity contribution in [2.24, 2.45) is 0 Å². The summed E-state index contributed by atoms with van der Waals surface area (Å²) < 4.78 is 0. The van der Waals surface area contributed by atoms with E-state index in [1.165, 1.54) is 11.8 Å². The molecule has 0 saturated carbocycles. The molecule has 1 fully saturated rings. The lowest BCUT2D eigenvalue weighted by atomic mass is 10.2. The molecule has 0 aromatic heterocycles. The van der Waals surface area contributed by atoms with E-state index >= 15 is 0 Å². The van der Waals surface area contributed by atoms with Crippen LogP contribution >= 0.6 is 11.8 Å². The monoisotopic (exact) mass is 203 g/mol. The van der Waals surface area contributed by atoms with Crippen molar-refractivity contribution in [1.82, 2.24) is 5.32 Å². The minimum Gasteiger partial charge on any atom is -0.480 e. The van der Waals surface area contributed by atoms with Gasteiger partial charge in [0.25, 0.3) is 0 Å². The fourth-order valence-corrected chi connectivity index (χ4v) is 2.07. The van der Waals surface area contributed by atoms with E-state index in [0.717, 1.165) is 0 Å². The maximum Gasteiger partial charge on any atom is 0.327 e. The number of carboxylic acid groups (broad SMARTS) is 1. The molecule has 13 heavy (non-hydrogen) atoms. The molecule has 1 amide bonds. The fourth-order valence-electron chi connectivity index (χ4n) is 0.990. The summed E-state index contributed by atoms with van der Waals surface area (Å²) in [6.07, 6.45) is 0.807. The molecule has 1 aliphatic heterocycles. The molecule has 2 atom stereocenters. The second-order valence-electron chi connectivity index (χ2n) is 2.62. The van der Waals surface area contributed by atoms with Gasteiger partial charge in [-0.25, -0.2) is 4.79 Å². The summed E-state index contributed by atoms with van der Waals surface area (Å²) in [7, 11) is 0. The molecule has 0 aromatic carbocycles. The fraction of sp³-hybridized carbons (Fsp3) is 0.571. The number of aliphatic carboxylic acids is 1. The van der Waals surface area contributed by atoms with Crippen molar-refractivity contribution < 1.29 is 19.5 Å². The third-order valence-electron chi connectivity index (χ3n) is 1.68. The van der Waals surface area contributed by atoms with Crippen LogP contribution in [0.25, 0.3) is 0 Å². The van der Waals surface area contributed by atoms with Crippen molar-refractivity contribution in [2.75, 3.05) is 5.75 Å². The van der Waals surface area contributed by atoms with Crippen LogP contribution in [0.1, 0.15) is 6.42 Å². The van der Waals surface area contributed by atoms with Gasteiger partial charge < -0.3 is 15.2 Å². The smallest absolute Gasteiger partial charge is 0.327 e. The molecule has 6 heteroatoms. The number of aldehydes is 1. The Hall–Kier alpha value is -1.04. The highest BCUT2D eigenvalue weighted by molar-refractivity contribution is 8.00. The van der Waals surface area contributed by atoms with Crippen molar-refractivity contribution >= 4 is 29.9 Å². The number of carboxylic acids is 1. The van der Waals surface area contributed by atoms with E-state index in [1.807, 2.05) is 0 Å². The van der Waals surface area contributed by atoms with Gasteiger partial charge in [-0.2, -0.15) is 0 Å². The van der Waals surface area contributed by atoms with Crippen LogP contribution in [0.4, 0.5) is 0 Å². The zero-order valence-corrected chi connectivity index (χ0v) is 7.54. The predicted molar refractivity (Wildman–Crippen MR) is 46.5 cm³/mol. The van der Waals surface area contributed by atoms with Crippen molar-refractivity contribution in [1.29, 1.82) is 0 Å². The molecular formula is C7H9NO4S. The number of rotatable bonds is 3. The van der Waals surface area contributed by atoms with Crippen molar-refractivity contribution in [2.45, 2.75) is 17.7 Å². The number of thioether (sulfide) groups is 1. The van der Waals surface area contributed by atoms with Gasteiger partial charge in [0.15, 0.2) is 0 Å². The number of hydrogen-bond donors (Lipinski definition) is 2. The summed E-state index contributed by atoms with van der Waals surface area (Å²) in [4.78, 5) is 31.7. The average molecular weight is 203 g/mol. The third-order valence-corrected chi connectivity index (χ3v) is 3.02. The maximum absolute atomic E-state index is 11.1. The van der Waals surface area contributed by atoms with Gasteiger partial charge in [0, 0.05) is 12.2 Å². The average Bonchev–Trinajstić information content (AvgIpc) is 2.08. The normalized spacial score (nSPS) is 27.8. The molecule has 0 aliphatic carbocycles. The molecule has 72 valence electrons. The molecule has 1 rings (SSSR count). The summed E-state index contributed by atoms with van der Waals surface area (Å²) in [6.45, 7) is 0. The van der Waals surface area contributed by atoms with Crippen LogP contribution in [0.5, 0.6) is 0 Å². The van der Waals surface area contributed by atoms with Gasteiger partial charge >= 0.3 is 5.97 Å². The summed E-state index contributed by atoms with van der Waals surface area (Å²) >= 11 is 1.21. The van der Waals surface area contributed by atoms with Crippen LogP contribution in [-0.2, 0) is 14.4 Å². The zero-order valence-electron chi connectivity index (χ0n) is 6.73. The first kappa shape index (κ1) is 10.0. The lowest BCUT2D eigenvalue weighted by Crippen LogP contribution is -2.50. The molecule has 0 radical (unpaired) electrons. The number of nitrogens with one attached hydrogen (secondary N) is 1. The van der Waals surface area contributed by atoms with E-state index < -0.39 is 17.3 Å². The van der Waals surface area contributed by atoms with Crippen molar-refractivity contribution in [3.63, 3.8) is 0 Å². The molecule has 0 spiro atoms. The second kappa shape index (κ2) is 4.27. The van der Waals surface area contributed by atoms with Crippen LogP contribution in [-0.4, -0.2) is 40.3 Å². The van der Waals surface area contributed by atoms with E-state index in [1.54, 1.807) is 0 Å². The summed E-state index contributed by atoms with van der Waals surface area (Å²) in [5.41, 5.74) is 0. The molecule has 2 unspecified atom stereocenters. The molecule has 1 saturated heterocycles. The van der Waals surface area contributed by atoms with Crippen LogP contribution < -0.4 is 5.32 Å². The Morgan fingerprint density at radius 3 is 2.92 bits per heavy atom.